The van der Waals surface area contributed by atoms with Crippen molar-refractivity contribution in [3.63, 3.8) is 0 Å². The van der Waals surface area contributed by atoms with Gasteiger partial charge >= 0.3 is 0 Å². The molecule has 0 saturated carbocycles. The molecule has 9 nitrogen and oxygen atoms in total. The number of fused-ring (bicyclic) bond motifs is 1. The number of hydrogen-bond donors (Lipinski definition) is 3. The van der Waals surface area contributed by atoms with Gasteiger partial charge in [-0.05, 0) is 18.6 Å². The largest absolute Gasteiger partial charge is 0.345 e. The van der Waals surface area contributed by atoms with Gasteiger partial charge in [0.1, 0.15) is 6.04 Å². The molecule has 1 aromatic heterocycles. The van der Waals surface area contributed by atoms with Crippen molar-refractivity contribution >= 4 is 28.5 Å². The van der Waals surface area contributed by atoms with Gasteiger partial charge in [-0.1, -0.05) is 48.5 Å². The molecule has 9 heteroatoms. The molecule has 1 atom stereocenters. The van der Waals surface area contributed by atoms with Crippen LogP contribution in [0.15, 0.2) is 59.4 Å². The van der Waals surface area contributed by atoms with Gasteiger partial charge in [0.15, 0.2) is 5.69 Å². The van der Waals surface area contributed by atoms with Crippen LogP contribution in [0.2, 0.25) is 0 Å². The van der Waals surface area contributed by atoms with Crippen LogP contribution in [0.1, 0.15) is 29.9 Å². The van der Waals surface area contributed by atoms with Crippen LogP contribution < -0.4 is 21.7 Å². The van der Waals surface area contributed by atoms with Gasteiger partial charge in [0.25, 0.3) is 17.4 Å². The lowest BCUT2D eigenvalue weighted by Gasteiger charge is -2.14. The SMILES string of the molecule is CC(=O)N[C@H](C)C(=O)NNC(=O)c1nn(Cc2ccccc2)c(=O)c2ccccc12. The average molecular weight is 407 g/mol. The van der Waals surface area contributed by atoms with Gasteiger partial charge < -0.3 is 5.32 Å². The van der Waals surface area contributed by atoms with Crippen molar-refractivity contribution in [3.05, 3.63) is 76.2 Å². The predicted molar refractivity (Wildman–Crippen MR) is 110 cm³/mol. The summed E-state index contributed by atoms with van der Waals surface area (Å²) in [4.78, 5) is 48.6. The zero-order chi connectivity index (χ0) is 21.7. The van der Waals surface area contributed by atoms with E-state index in [2.05, 4.69) is 21.3 Å². The van der Waals surface area contributed by atoms with Crippen LogP contribution in [-0.4, -0.2) is 33.5 Å². The van der Waals surface area contributed by atoms with E-state index in [0.717, 1.165) is 5.56 Å². The minimum Gasteiger partial charge on any atom is -0.345 e. The van der Waals surface area contributed by atoms with Crippen LogP contribution in [0.5, 0.6) is 0 Å². The highest BCUT2D eigenvalue weighted by Crippen LogP contribution is 2.13. The summed E-state index contributed by atoms with van der Waals surface area (Å²) in [6.07, 6.45) is 0. The number of hydrazine groups is 1. The van der Waals surface area contributed by atoms with Crippen LogP contribution in [0.3, 0.4) is 0 Å². The predicted octanol–water partition coefficient (Wildman–Crippen LogP) is 0.730. The number of hydrogen-bond acceptors (Lipinski definition) is 5. The van der Waals surface area contributed by atoms with Gasteiger partial charge in [0, 0.05) is 12.3 Å². The van der Waals surface area contributed by atoms with Crippen LogP contribution in [-0.2, 0) is 16.1 Å². The molecule has 0 aliphatic carbocycles. The van der Waals surface area contributed by atoms with E-state index >= 15 is 0 Å². The van der Waals surface area contributed by atoms with E-state index in [0.29, 0.717) is 10.8 Å². The fourth-order valence-corrected chi connectivity index (χ4v) is 2.92. The minimum absolute atomic E-state index is 0.00592. The van der Waals surface area contributed by atoms with Crippen LogP contribution >= 0.6 is 0 Å². The second-order valence-corrected chi connectivity index (χ2v) is 6.71. The summed E-state index contributed by atoms with van der Waals surface area (Å²) >= 11 is 0. The number of nitrogens with zero attached hydrogens (tertiary/aromatic N) is 2. The molecule has 0 aliphatic heterocycles. The van der Waals surface area contributed by atoms with Gasteiger partial charge in [-0.3, -0.25) is 30.0 Å². The third kappa shape index (κ3) is 4.69. The maximum Gasteiger partial charge on any atom is 0.290 e. The van der Waals surface area contributed by atoms with E-state index in [1.807, 2.05) is 30.3 Å². The molecule has 0 spiro atoms. The molecule has 0 radical (unpaired) electrons. The number of benzene rings is 2. The Morgan fingerprint density at radius 3 is 2.27 bits per heavy atom. The van der Waals surface area contributed by atoms with Crippen molar-refractivity contribution in [1.82, 2.24) is 25.9 Å². The first-order valence-electron chi connectivity index (χ1n) is 9.28. The molecular formula is C21H21N5O4. The summed E-state index contributed by atoms with van der Waals surface area (Å²) in [5.74, 6) is -1.65. The second kappa shape index (κ2) is 8.99. The molecule has 1 heterocycles. The quantitative estimate of drug-likeness (QED) is 0.538. The van der Waals surface area contributed by atoms with E-state index in [4.69, 9.17) is 0 Å². The lowest BCUT2D eigenvalue weighted by Crippen LogP contribution is -2.51. The fourth-order valence-electron chi connectivity index (χ4n) is 2.92. The maximum absolute atomic E-state index is 12.8. The summed E-state index contributed by atoms with van der Waals surface area (Å²) in [5.41, 5.74) is 5.06. The van der Waals surface area contributed by atoms with Crippen LogP contribution in [0.25, 0.3) is 10.8 Å². The number of nitrogens with one attached hydrogen (secondary N) is 3. The summed E-state index contributed by atoms with van der Waals surface area (Å²) in [7, 11) is 0. The Balaban J connectivity index is 1.89. The summed E-state index contributed by atoms with van der Waals surface area (Å²) < 4.78 is 1.22. The normalized spacial score (nSPS) is 11.5. The highest BCUT2D eigenvalue weighted by atomic mass is 16.2. The zero-order valence-electron chi connectivity index (χ0n) is 16.5. The average Bonchev–Trinajstić information content (AvgIpc) is 2.74. The monoisotopic (exact) mass is 407 g/mol. The first-order valence-corrected chi connectivity index (χ1v) is 9.28. The van der Waals surface area contributed by atoms with E-state index in [1.54, 1.807) is 24.3 Å². The molecule has 154 valence electrons. The number of rotatable bonds is 5. The lowest BCUT2D eigenvalue weighted by molar-refractivity contribution is -0.128. The molecule has 2 aromatic carbocycles. The second-order valence-electron chi connectivity index (χ2n) is 6.71. The Labute approximate surface area is 172 Å². The van der Waals surface area contributed by atoms with E-state index in [9.17, 15) is 19.2 Å². The number of carbonyl (C=O) groups excluding carboxylic acids is 3. The molecule has 0 fully saturated rings. The Kier molecular flexibility index (Phi) is 6.21. The highest BCUT2D eigenvalue weighted by Gasteiger charge is 2.19. The Hall–Kier alpha value is -4.01. The molecule has 3 amide bonds. The first kappa shape index (κ1) is 20.7. The van der Waals surface area contributed by atoms with E-state index < -0.39 is 17.9 Å². The molecule has 0 saturated heterocycles. The Morgan fingerprint density at radius 1 is 0.967 bits per heavy atom. The van der Waals surface area contributed by atoms with Crippen molar-refractivity contribution in [3.8, 4) is 0 Å². The molecule has 0 aliphatic rings. The molecule has 30 heavy (non-hydrogen) atoms. The molecular weight excluding hydrogens is 386 g/mol. The Bertz CT molecular complexity index is 1160. The molecule has 3 rings (SSSR count). The van der Waals surface area contributed by atoms with E-state index in [1.165, 1.54) is 18.5 Å². The lowest BCUT2D eigenvalue weighted by atomic mass is 10.1. The molecule has 0 bridgehead atoms. The summed E-state index contributed by atoms with van der Waals surface area (Å²) in [6, 6.07) is 15.1. The van der Waals surface area contributed by atoms with Crippen molar-refractivity contribution in [1.29, 1.82) is 0 Å². The number of amides is 3. The van der Waals surface area contributed by atoms with Gasteiger partial charge in [-0.15, -0.1) is 0 Å². The molecule has 3 aromatic rings. The highest BCUT2D eigenvalue weighted by molar-refractivity contribution is 6.05. The third-order valence-corrected chi connectivity index (χ3v) is 4.37. The summed E-state index contributed by atoms with van der Waals surface area (Å²) in [6.45, 7) is 2.96. The van der Waals surface area contributed by atoms with Crippen molar-refractivity contribution in [2.24, 2.45) is 0 Å². The minimum atomic E-state index is -0.834. The smallest absolute Gasteiger partial charge is 0.290 e. The fraction of sp³-hybridized carbons (Fsp3) is 0.190. The molecule has 0 unspecified atom stereocenters. The zero-order valence-corrected chi connectivity index (χ0v) is 16.5. The summed E-state index contributed by atoms with van der Waals surface area (Å²) in [5, 5.41) is 7.36. The Morgan fingerprint density at radius 2 is 1.60 bits per heavy atom. The topological polar surface area (TPSA) is 122 Å². The van der Waals surface area contributed by atoms with Gasteiger partial charge in [0.05, 0.1) is 11.9 Å². The maximum atomic E-state index is 12.8. The van der Waals surface area contributed by atoms with Gasteiger partial charge in [0.2, 0.25) is 5.91 Å². The third-order valence-electron chi connectivity index (χ3n) is 4.37. The van der Waals surface area contributed by atoms with Crippen molar-refractivity contribution < 1.29 is 14.4 Å². The van der Waals surface area contributed by atoms with Crippen molar-refractivity contribution in [2.45, 2.75) is 26.4 Å². The van der Waals surface area contributed by atoms with Crippen LogP contribution in [0.4, 0.5) is 0 Å². The van der Waals surface area contributed by atoms with Gasteiger partial charge in [-0.25, -0.2) is 4.68 Å². The van der Waals surface area contributed by atoms with Crippen LogP contribution in [0, 0.1) is 0 Å². The standard InChI is InChI=1S/C21H21N5O4/c1-13(22-14(2)27)19(28)23-24-20(29)18-16-10-6-7-11-17(16)21(30)26(25-18)12-15-8-4-3-5-9-15/h3-11,13H,12H2,1-2H3,(H,22,27)(H,23,28)(H,24,29)/t13-/m1/s1. The molecule has 3 N–H and O–H groups in total. The number of aromatic nitrogens is 2. The first-order chi connectivity index (χ1) is 14.4. The van der Waals surface area contributed by atoms with E-state index in [-0.39, 0.29) is 23.7 Å². The van der Waals surface area contributed by atoms with Gasteiger partial charge in [-0.2, -0.15) is 5.10 Å². The number of carbonyl (C=O) groups is 3. The van der Waals surface area contributed by atoms with Crippen molar-refractivity contribution in [2.75, 3.05) is 0 Å².